The summed E-state index contributed by atoms with van der Waals surface area (Å²) in [5, 5.41) is 3.24. The van der Waals surface area contributed by atoms with Crippen LogP contribution in [0.1, 0.15) is 37.8 Å². The fraction of sp³-hybridized carbons (Fsp3) is 0.600. The highest BCUT2D eigenvalue weighted by Gasteiger charge is 2.22. The SMILES string of the molecule is CCc1ccc(S(=O)(=O)NC2CCNCC2)cc1CC.Cl. The molecule has 2 rings (SSSR count). The number of nitrogens with one attached hydrogen (secondary N) is 2. The minimum atomic E-state index is -3.40. The van der Waals surface area contributed by atoms with Crippen LogP contribution >= 0.6 is 12.4 Å². The van der Waals surface area contributed by atoms with E-state index in [0.29, 0.717) is 4.90 Å². The normalized spacial score (nSPS) is 16.5. The summed E-state index contributed by atoms with van der Waals surface area (Å²) >= 11 is 0. The molecule has 0 spiro atoms. The van der Waals surface area contributed by atoms with Gasteiger partial charge >= 0.3 is 0 Å². The molecule has 0 aliphatic carbocycles. The van der Waals surface area contributed by atoms with Crippen molar-refractivity contribution in [2.24, 2.45) is 0 Å². The molecule has 2 N–H and O–H groups in total. The van der Waals surface area contributed by atoms with Crippen LogP contribution in [0.15, 0.2) is 23.1 Å². The Bertz CT molecular complexity index is 555. The van der Waals surface area contributed by atoms with Crippen molar-refractivity contribution in [2.45, 2.75) is 50.5 Å². The molecule has 1 aromatic carbocycles. The third kappa shape index (κ3) is 4.68. The van der Waals surface area contributed by atoms with Crippen molar-refractivity contribution < 1.29 is 8.42 Å². The predicted octanol–water partition coefficient (Wildman–Crippen LogP) is 2.26. The van der Waals surface area contributed by atoms with Crippen LogP contribution in [0.2, 0.25) is 0 Å². The molecule has 1 fully saturated rings. The Morgan fingerprint density at radius 2 is 1.76 bits per heavy atom. The van der Waals surface area contributed by atoms with Gasteiger partial charge in [-0.05, 0) is 62.0 Å². The van der Waals surface area contributed by atoms with E-state index in [1.54, 1.807) is 6.07 Å². The van der Waals surface area contributed by atoms with Gasteiger partial charge in [0, 0.05) is 6.04 Å². The highest BCUT2D eigenvalue weighted by Crippen LogP contribution is 2.18. The van der Waals surface area contributed by atoms with Crippen molar-refractivity contribution in [2.75, 3.05) is 13.1 Å². The third-order valence-electron chi connectivity index (χ3n) is 3.91. The first kappa shape index (κ1) is 18.4. The van der Waals surface area contributed by atoms with Crippen LogP contribution in [0.5, 0.6) is 0 Å². The summed E-state index contributed by atoms with van der Waals surface area (Å²) < 4.78 is 27.7. The molecule has 0 amide bonds. The number of piperidine rings is 1. The summed E-state index contributed by atoms with van der Waals surface area (Å²) in [5.74, 6) is 0. The maximum Gasteiger partial charge on any atom is 0.240 e. The fourth-order valence-electron chi connectivity index (χ4n) is 2.67. The molecule has 0 radical (unpaired) electrons. The lowest BCUT2D eigenvalue weighted by molar-refractivity contribution is 0.427. The van der Waals surface area contributed by atoms with Crippen LogP contribution in [0.4, 0.5) is 0 Å². The maximum atomic E-state index is 12.4. The van der Waals surface area contributed by atoms with E-state index < -0.39 is 10.0 Å². The molecule has 0 saturated carbocycles. The average molecular weight is 333 g/mol. The molecule has 1 aliphatic rings. The average Bonchev–Trinajstić information content (AvgIpc) is 2.47. The standard InChI is InChI=1S/C15H24N2O2S.ClH/c1-3-12-5-6-15(11-13(12)4-2)20(18,19)17-14-7-9-16-10-8-14;/h5-6,11,14,16-17H,3-4,7-10H2,1-2H3;1H. The highest BCUT2D eigenvalue weighted by molar-refractivity contribution is 7.89. The number of sulfonamides is 1. The summed E-state index contributed by atoms with van der Waals surface area (Å²) in [5.41, 5.74) is 2.36. The summed E-state index contributed by atoms with van der Waals surface area (Å²) in [4.78, 5) is 0.394. The van der Waals surface area contributed by atoms with Gasteiger partial charge in [-0.2, -0.15) is 0 Å². The van der Waals surface area contributed by atoms with Gasteiger partial charge in [0.25, 0.3) is 0 Å². The van der Waals surface area contributed by atoms with Gasteiger partial charge in [-0.3, -0.25) is 0 Å². The fourth-order valence-corrected chi connectivity index (χ4v) is 4.03. The van der Waals surface area contributed by atoms with E-state index in [4.69, 9.17) is 0 Å². The Morgan fingerprint density at radius 3 is 2.33 bits per heavy atom. The van der Waals surface area contributed by atoms with E-state index in [1.807, 2.05) is 12.1 Å². The van der Waals surface area contributed by atoms with Crippen LogP contribution in [0.3, 0.4) is 0 Å². The van der Waals surface area contributed by atoms with Gasteiger partial charge in [-0.15, -0.1) is 12.4 Å². The van der Waals surface area contributed by atoms with E-state index in [-0.39, 0.29) is 18.4 Å². The predicted molar refractivity (Wildman–Crippen MR) is 88.7 cm³/mol. The smallest absolute Gasteiger partial charge is 0.240 e. The van der Waals surface area contributed by atoms with Gasteiger partial charge in [0.05, 0.1) is 4.90 Å². The zero-order valence-electron chi connectivity index (χ0n) is 12.7. The molecule has 1 aliphatic heterocycles. The number of hydrogen-bond donors (Lipinski definition) is 2. The van der Waals surface area contributed by atoms with Crippen LogP contribution < -0.4 is 10.0 Å². The van der Waals surface area contributed by atoms with Crippen molar-refractivity contribution in [1.29, 1.82) is 0 Å². The zero-order valence-corrected chi connectivity index (χ0v) is 14.3. The number of rotatable bonds is 5. The van der Waals surface area contributed by atoms with Crippen molar-refractivity contribution in [3.63, 3.8) is 0 Å². The monoisotopic (exact) mass is 332 g/mol. The second-order valence-corrected chi connectivity index (χ2v) is 7.00. The molecule has 1 heterocycles. The topological polar surface area (TPSA) is 58.2 Å². The first-order valence-electron chi connectivity index (χ1n) is 7.41. The first-order valence-corrected chi connectivity index (χ1v) is 8.90. The van der Waals surface area contributed by atoms with Crippen LogP contribution in [0, 0.1) is 0 Å². The molecule has 0 aromatic heterocycles. The summed E-state index contributed by atoms with van der Waals surface area (Å²) in [6.45, 7) is 5.91. The number of hydrogen-bond acceptors (Lipinski definition) is 3. The summed E-state index contributed by atoms with van der Waals surface area (Å²) in [7, 11) is -3.40. The lowest BCUT2D eigenvalue weighted by Gasteiger charge is -2.23. The first-order chi connectivity index (χ1) is 9.56. The molecule has 6 heteroatoms. The molecule has 120 valence electrons. The minimum absolute atomic E-state index is 0. The number of aryl methyl sites for hydroxylation is 2. The molecule has 0 unspecified atom stereocenters. The highest BCUT2D eigenvalue weighted by atomic mass is 35.5. The second kappa shape index (κ2) is 8.13. The molecule has 1 aromatic rings. The Morgan fingerprint density at radius 1 is 1.14 bits per heavy atom. The molecule has 1 saturated heterocycles. The third-order valence-corrected chi connectivity index (χ3v) is 5.43. The quantitative estimate of drug-likeness (QED) is 0.869. The minimum Gasteiger partial charge on any atom is -0.317 e. The summed E-state index contributed by atoms with van der Waals surface area (Å²) in [6, 6.07) is 5.54. The Kier molecular flexibility index (Phi) is 7.13. The molecular weight excluding hydrogens is 308 g/mol. The maximum absolute atomic E-state index is 12.4. The van der Waals surface area contributed by atoms with E-state index >= 15 is 0 Å². The Hall–Kier alpha value is -0.620. The lowest BCUT2D eigenvalue weighted by Crippen LogP contribution is -2.42. The van der Waals surface area contributed by atoms with Gasteiger partial charge in [-0.1, -0.05) is 19.9 Å². The van der Waals surface area contributed by atoms with Gasteiger partial charge in [-0.25, -0.2) is 13.1 Å². The molecule has 0 atom stereocenters. The zero-order chi connectivity index (χ0) is 14.6. The van der Waals surface area contributed by atoms with Gasteiger partial charge < -0.3 is 5.32 Å². The van der Waals surface area contributed by atoms with Gasteiger partial charge in [0.2, 0.25) is 10.0 Å². The number of halogens is 1. The van der Waals surface area contributed by atoms with Gasteiger partial charge in [0.15, 0.2) is 0 Å². The lowest BCUT2D eigenvalue weighted by atomic mass is 10.0. The number of benzene rings is 1. The van der Waals surface area contributed by atoms with E-state index in [9.17, 15) is 8.42 Å². The van der Waals surface area contributed by atoms with Crippen molar-refractivity contribution in [3.05, 3.63) is 29.3 Å². The molecule has 0 bridgehead atoms. The Labute approximate surface area is 134 Å². The van der Waals surface area contributed by atoms with Crippen LogP contribution in [-0.4, -0.2) is 27.5 Å². The molecular formula is C15H25ClN2O2S. The van der Waals surface area contributed by atoms with E-state index in [1.165, 1.54) is 5.56 Å². The molecule has 4 nitrogen and oxygen atoms in total. The molecule has 21 heavy (non-hydrogen) atoms. The Balaban J connectivity index is 0.00000220. The van der Waals surface area contributed by atoms with E-state index in [0.717, 1.165) is 44.3 Å². The van der Waals surface area contributed by atoms with Crippen LogP contribution in [-0.2, 0) is 22.9 Å². The van der Waals surface area contributed by atoms with Crippen molar-refractivity contribution in [1.82, 2.24) is 10.0 Å². The van der Waals surface area contributed by atoms with Crippen LogP contribution in [0.25, 0.3) is 0 Å². The largest absolute Gasteiger partial charge is 0.317 e. The summed E-state index contributed by atoms with van der Waals surface area (Å²) in [6.07, 6.45) is 3.50. The van der Waals surface area contributed by atoms with Crippen molar-refractivity contribution >= 4 is 22.4 Å². The second-order valence-electron chi connectivity index (χ2n) is 5.28. The van der Waals surface area contributed by atoms with Crippen molar-refractivity contribution in [3.8, 4) is 0 Å². The van der Waals surface area contributed by atoms with E-state index in [2.05, 4.69) is 23.9 Å². The van der Waals surface area contributed by atoms with Gasteiger partial charge in [0.1, 0.15) is 0 Å².